The normalized spacial score (nSPS) is 13.5. The van der Waals surface area contributed by atoms with Crippen LogP contribution in [0.4, 0.5) is 0 Å². The van der Waals surface area contributed by atoms with Crippen LogP contribution in [0.5, 0.6) is 0 Å². The third-order valence-electron chi connectivity index (χ3n) is 1.73. The van der Waals surface area contributed by atoms with Crippen LogP contribution in [0.15, 0.2) is 12.3 Å². The Bertz CT molecular complexity index is 90.0. The number of hydrogen-bond acceptors (Lipinski definition) is 2. The van der Waals surface area contributed by atoms with Gasteiger partial charge in [0.25, 0.3) is 0 Å². The summed E-state index contributed by atoms with van der Waals surface area (Å²) in [6.07, 6.45) is 10.9. The molecule has 12 heavy (non-hydrogen) atoms. The van der Waals surface area contributed by atoms with Crippen molar-refractivity contribution in [3.63, 3.8) is 0 Å². The van der Waals surface area contributed by atoms with E-state index in [1.165, 1.54) is 32.1 Å². The summed E-state index contributed by atoms with van der Waals surface area (Å²) in [5.41, 5.74) is 5.65. The average molecular weight is 170 g/mol. The zero-order valence-electron chi connectivity index (χ0n) is 8.40. The molecule has 1 rings (SSSR count). The Morgan fingerprint density at radius 2 is 1.75 bits per heavy atom. The van der Waals surface area contributed by atoms with Crippen molar-refractivity contribution < 1.29 is 0 Å². The van der Waals surface area contributed by atoms with Crippen molar-refractivity contribution in [2.45, 2.75) is 46.0 Å². The molecule has 0 unspecified atom stereocenters. The van der Waals surface area contributed by atoms with E-state index in [4.69, 9.17) is 0 Å². The molecule has 72 valence electrons. The summed E-state index contributed by atoms with van der Waals surface area (Å²) >= 11 is 0. The fourth-order valence-electron chi connectivity index (χ4n) is 0.971. The van der Waals surface area contributed by atoms with Crippen molar-refractivity contribution in [3.8, 4) is 0 Å². The zero-order valence-corrected chi connectivity index (χ0v) is 8.40. The summed E-state index contributed by atoms with van der Waals surface area (Å²) in [5.74, 6) is 0. The van der Waals surface area contributed by atoms with E-state index in [0.717, 1.165) is 6.54 Å². The Morgan fingerprint density at radius 3 is 2.00 bits per heavy atom. The van der Waals surface area contributed by atoms with Crippen LogP contribution in [0.2, 0.25) is 0 Å². The van der Waals surface area contributed by atoms with E-state index >= 15 is 0 Å². The topological polar surface area (TPSA) is 24.1 Å². The van der Waals surface area contributed by atoms with Crippen LogP contribution < -0.4 is 10.9 Å². The Morgan fingerprint density at radius 1 is 1.08 bits per heavy atom. The van der Waals surface area contributed by atoms with Gasteiger partial charge >= 0.3 is 0 Å². The predicted octanol–water partition coefficient (Wildman–Crippen LogP) is 2.58. The lowest BCUT2D eigenvalue weighted by molar-refractivity contribution is 0.656. The second-order valence-electron chi connectivity index (χ2n) is 2.99. The molecular formula is C10H22N2. The number of hydrogen-bond donors (Lipinski definition) is 2. The molecule has 0 spiro atoms. The van der Waals surface area contributed by atoms with Gasteiger partial charge < -0.3 is 5.43 Å². The fraction of sp³-hybridized carbons (Fsp3) is 0.800. The standard InChI is InChI=1S/C7H16.C3H6N2/c1-3-5-7-6-4-2;1-2-4-5-3-1/h3-7H2,1-2H3;1-2,4-5H,3H2. The molecule has 1 aliphatic rings. The summed E-state index contributed by atoms with van der Waals surface area (Å²) in [6, 6.07) is 0. The molecule has 0 saturated carbocycles. The third kappa shape index (κ3) is 9.50. The summed E-state index contributed by atoms with van der Waals surface area (Å²) in [6.45, 7) is 5.45. The van der Waals surface area contributed by atoms with E-state index in [-0.39, 0.29) is 0 Å². The maximum atomic E-state index is 2.86. The zero-order chi connectivity index (χ0) is 9.07. The van der Waals surface area contributed by atoms with Crippen molar-refractivity contribution >= 4 is 0 Å². The molecule has 0 aromatic carbocycles. The minimum absolute atomic E-state index is 0.958. The van der Waals surface area contributed by atoms with Gasteiger partial charge in [-0.1, -0.05) is 52.0 Å². The second kappa shape index (κ2) is 10.5. The molecule has 0 radical (unpaired) electrons. The molecule has 0 aromatic heterocycles. The van der Waals surface area contributed by atoms with Crippen LogP contribution in [0.3, 0.4) is 0 Å². The number of rotatable bonds is 4. The lowest BCUT2D eigenvalue weighted by atomic mass is 10.2. The summed E-state index contributed by atoms with van der Waals surface area (Å²) < 4.78 is 0. The maximum absolute atomic E-state index is 2.86. The Hall–Kier alpha value is -0.500. The largest absolute Gasteiger partial charge is 0.329 e. The van der Waals surface area contributed by atoms with Crippen molar-refractivity contribution in [3.05, 3.63) is 12.3 Å². The van der Waals surface area contributed by atoms with Crippen molar-refractivity contribution in [1.29, 1.82) is 0 Å². The minimum Gasteiger partial charge on any atom is -0.329 e. The van der Waals surface area contributed by atoms with E-state index in [1.54, 1.807) is 0 Å². The molecule has 0 atom stereocenters. The number of hydrazine groups is 1. The first-order chi connectivity index (χ1) is 5.91. The number of nitrogens with one attached hydrogen (secondary N) is 2. The molecule has 2 heteroatoms. The first-order valence-corrected chi connectivity index (χ1v) is 5.05. The smallest absolute Gasteiger partial charge is 0.0345 e. The Labute approximate surface area is 76.4 Å². The van der Waals surface area contributed by atoms with Crippen molar-refractivity contribution in [1.82, 2.24) is 10.9 Å². The molecule has 0 bridgehead atoms. The van der Waals surface area contributed by atoms with Gasteiger partial charge in [0.05, 0.1) is 0 Å². The van der Waals surface area contributed by atoms with Crippen molar-refractivity contribution in [2.24, 2.45) is 0 Å². The highest BCUT2D eigenvalue weighted by molar-refractivity contribution is 4.85. The van der Waals surface area contributed by atoms with Gasteiger partial charge in [-0.15, -0.1) is 0 Å². The van der Waals surface area contributed by atoms with Gasteiger partial charge in [-0.3, -0.25) is 0 Å². The third-order valence-corrected chi connectivity index (χ3v) is 1.73. The highest BCUT2D eigenvalue weighted by Crippen LogP contribution is 2.00. The van der Waals surface area contributed by atoms with Crippen LogP contribution >= 0.6 is 0 Å². The highest BCUT2D eigenvalue weighted by Gasteiger charge is 1.80. The summed E-state index contributed by atoms with van der Waals surface area (Å²) in [7, 11) is 0. The average Bonchev–Trinajstić information content (AvgIpc) is 2.62. The van der Waals surface area contributed by atoms with E-state index in [1.807, 2.05) is 12.3 Å². The van der Waals surface area contributed by atoms with Crippen LogP contribution in [-0.4, -0.2) is 6.54 Å². The molecule has 1 aliphatic heterocycles. The fourth-order valence-corrected chi connectivity index (χ4v) is 0.971. The van der Waals surface area contributed by atoms with Crippen LogP contribution in [0, 0.1) is 0 Å². The van der Waals surface area contributed by atoms with E-state index in [0.29, 0.717) is 0 Å². The Balaban J connectivity index is 0.000000211. The van der Waals surface area contributed by atoms with Gasteiger partial charge in [0.1, 0.15) is 0 Å². The monoisotopic (exact) mass is 170 g/mol. The lowest BCUT2D eigenvalue weighted by Crippen LogP contribution is -2.19. The molecule has 0 aliphatic carbocycles. The molecule has 2 nitrogen and oxygen atoms in total. The first-order valence-electron chi connectivity index (χ1n) is 5.05. The maximum Gasteiger partial charge on any atom is 0.0345 e. The molecule has 1 heterocycles. The van der Waals surface area contributed by atoms with Gasteiger partial charge in [-0.25, -0.2) is 5.43 Å². The van der Waals surface area contributed by atoms with Crippen molar-refractivity contribution in [2.75, 3.05) is 6.54 Å². The van der Waals surface area contributed by atoms with Gasteiger partial charge in [0.2, 0.25) is 0 Å². The summed E-state index contributed by atoms with van der Waals surface area (Å²) in [4.78, 5) is 0. The predicted molar refractivity (Wildman–Crippen MR) is 54.7 cm³/mol. The highest BCUT2D eigenvalue weighted by atomic mass is 15.4. The second-order valence-corrected chi connectivity index (χ2v) is 2.99. The van der Waals surface area contributed by atoms with Gasteiger partial charge in [-0.05, 0) is 0 Å². The van der Waals surface area contributed by atoms with E-state index < -0.39 is 0 Å². The SMILES string of the molecule is C1=CNNC1.CCCCCCC. The lowest BCUT2D eigenvalue weighted by Gasteiger charge is -1.90. The number of unbranched alkanes of at least 4 members (excludes halogenated alkanes) is 4. The Kier molecular flexibility index (Phi) is 10.1. The molecule has 2 N–H and O–H groups in total. The van der Waals surface area contributed by atoms with Gasteiger partial charge in [-0.2, -0.15) is 0 Å². The van der Waals surface area contributed by atoms with E-state index in [2.05, 4.69) is 24.7 Å². The molecular weight excluding hydrogens is 148 g/mol. The molecule has 0 aromatic rings. The van der Waals surface area contributed by atoms with Crippen LogP contribution in [0.25, 0.3) is 0 Å². The van der Waals surface area contributed by atoms with Gasteiger partial charge in [0.15, 0.2) is 0 Å². The summed E-state index contributed by atoms with van der Waals surface area (Å²) in [5, 5.41) is 0. The molecule has 0 amide bonds. The van der Waals surface area contributed by atoms with E-state index in [9.17, 15) is 0 Å². The molecule has 0 saturated heterocycles. The first kappa shape index (κ1) is 11.5. The van der Waals surface area contributed by atoms with Gasteiger partial charge in [0, 0.05) is 12.7 Å². The quantitative estimate of drug-likeness (QED) is 0.634. The van der Waals surface area contributed by atoms with Crippen LogP contribution in [-0.2, 0) is 0 Å². The molecule has 0 fully saturated rings. The van der Waals surface area contributed by atoms with Crippen LogP contribution in [0.1, 0.15) is 46.0 Å². The minimum atomic E-state index is 0.958.